The summed E-state index contributed by atoms with van der Waals surface area (Å²) in [5, 5.41) is 19.1. The third kappa shape index (κ3) is 8.74. The lowest BCUT2D eigenvalue weighted by atomic mass is 9.98. The molecular weight excluding hydrogens is 392 g/mol. The van der Waals surface area contributed by atoms with E-state index in [1.807, 2.05) is 0 Å². The molecule has 1 atom stereocenters. The molecule has 0 radical (unpaired) electrons. The lowest BCUT2D eigenvalue weighted by molar-refractivity contribution is -0.134. The lowest BCUT2D eigenvalue weighted by Gasteiger charge is -2.33. The second kappa shape index (κ2) is 12.7. The van der Waals surface area contributed by atoms with Gasteiger partial charge in [0.15, 0.2) is 0 Å². The Labute approximate surface area is 184 Å². The molecule has 0 spiro atoms. The van der Waals surface area contributed by atoms with Gasteiger partial charge >= 0.3 is 11.9 Å². The van der Waals surface area contributed by atoms with Crippen LogP contribution in [0.1, 0.15) is 37.0 Å². The van der Waals surface area contributed by atoms with Gasteiger partial charge in [-0.3, -0.25) is 4.90 Å². The number of nitrogens with one attached hydrogen (secondary N) is 1. The zero-order valence-electron chi connectivity index (χ0n) is 18.2. The summed E-state index contributed by atoms with van der Waals surface area (Å²) in [7, 11) is 0. The van der Waals surface area contributed by atoms with Crippen molar-refractivity contribution in [3.8, 4) is 0 Å². The van der Waals surface area contributed by atoms with Crippen molar-refractivity contribution in [3.63, 3.8) is 0 Å². The third-order valence-electron chi connectivity index (χ3n) is 5.24. The number of carbonyl (C=O) groups is 2. The molecule has 3 N–H and O–H groups in total. The lowest BCUT2D eigenvalue weighted by Crippen LogP contribution is -2.41. The first-order chi connectivity index (χ1) is 14.9. The number of nitrogens with zero attached hydrogens (tertiary/aromatic N) is 1. The molecule has 1 heterocycles. The predicted molar refractivity (Wildman–Crippen MR) is 122 cm³/mol. The third-order valence-corrected chi connectivity index (χ3v) is 5.24. The van der Waals surface area contributed by atoms with Crippen molar-refractivity contribution in [1.29, 1.82) is 0 Å². The van der Waals surface area contributed by atoms with Gasteiger partial charge in [0.1, 0.15) is 0 Å². The van der Waals surface area contributed by atoms with Gasteiger partial charge in [0.05, 0.1) is 0 Å². The van der Waals surface area contributed by atoms with Crippen molar-refractivity contribution in [1.82, 2.24) is 10.2 Å². The number of benzene rings is 2. The Morgan fingerprint density at radius 2 is 1.58 bits per heavy atom. The van der Waals surface area contributed by atoms with Gasteiger partial charge in [0, 0.05) is 37.3 Å². The summed E-state index contributed by atoms with van der Waals surface area (Å²) in [6, 6.07) is 21.0. The molecule has 0 bridgehead atoms. The summed E-state index contributed by atoms with van der Waals surface area (Å²) in [6.45, 7) is 7.96. The summed E-state index contributed by atoms with van der Waals surface area (Å²) in [6.07, 6.45) is 3.40. The maximum atomic E-state index is 9.55. The summed E-state index contributed by atoms with van der Waals surface area (Å²) >= 11 is 0. The Balaban J connectivity index is 0.000000366. The number of rotatable bonds is 8. The van der Waals surface area contributed by atoms with Crippen LogP contribution in [0.3, 0.4) is 0 Å². The van der Waals surface area contributed by atoms with Crippen LogP contribution < -0.4 is 5.32 Å². The van der Waals surface area contributed by atoms with E-state index in [0.29, 0.717) is 24.2 Å². The normalized spacial score (nSPS) is 15.8. The first kappa shape index (κ1) is 24.3. The van der Waals surface area contributed by atoms with E-state index in [1.54, 1.807) is 0 Å². The van der Waals surface area contributed by atoms with Crippen molar-refractivity contribution in [2.75, 3.05) is 13.1 Å². The molecule has 2 aromatic rings. The molecule has 166 valence electrons. The molecule has 3 rings (SSSR count). The summed E-state index contributed by atoms with van der Waals surface area (Å²) in [4.78, 5) is 21.8. The number of carboxylic acid groups (broad SMARTS) is 2. The topological polar surface area (TPSA) is 89.9 Å². The molecule has 1 aliphatic heterocycles. The second-order valence-corrected chi connectivity index (χ2v) is 7.85. The standard InChI is InChI=1S/C21H28N2.C4H4O4/c1-17(2)23(21-12-13-22-15-21)16-20-11-7-6-10-19(20)14-18-8-4-3-5-9-18;5-3(6)1-2-4(7)8/h3-11,17,21-22H,12-16H2,1-2H3;1-2H,(H,5,6)(H,7,8)/b;2-1+/t21-;/m0./s1. The highest BCUT2D eigenvalue weighted by Crippen LogP contribution is 2.21. The van der Waals surface area contributed by atoms with E-state index in [1.165, 1.54) is 23.1 Å². The maximum absolute atomic E-state index is 9.55. The number of aliphatic carboxylic acids is 2. The smallest absolute Gasteiger partial charge is 0.328 e. The number of hydrogen-bond donors (Lipinski definition) is 3. The summed E-state index contributed by atoms with van der Waals surface area (Å²) < 4.78 is 0. The van der Waals surface area contributed by atoms with E-state index in [2.05, 4.69) is 78.7 Å². The summed E-state index contributed by atoms with van der Waals surface area (Å²) in [5.41, 5.74) is 4.31. The van der Waals surface area contributed by atoms with Gasteiger partial charge in [0.2, 0.25) is 0 Å². The monoisotopic (exact) mass is 424 g/mol. The van der Waals surface area contributed by atoms with Crippen LogP contribution in [-0.4, -0.2) is 52.2 Å². The van der Waals surface area contributed by atoms with Crippen LogP contribution in [0.5, 0.6) is 0 Å². The van der Waals surface area contributed by atoms with Gasteiger partial charge in [-0.1, -0.05) is 54.6 Å². The molecule has 1 fully saturated rings. The molecule has 1 aliphatic rings. The SMILES string of the molecule is CC(C)N(Cc1ccccc1Cc1ccccc1)[C@H]1CCNC1.O=C(O)/C=C/C(=O)O. The minimum Gasteiger partial charge on any atom is -0.478 e. The average Bonchev–Trinajstić information content (AvgIpc) is 3.27. The molecule has 0 saturated carbocycles. The molecule has 2 aromatic carbocycles. The summed E-state index contributed by atoms with van der Waals surface area (Å²) in [5.74, 6) is -2.51. The van der Waals surface area contributed by atoms with E-state index >= 15 is 0 Å². The van der Waals surface area contributed by atoms with E-state index in [0.717, 1.165) is 26.1 Å². The van der Waals surface area contributed by atoms with Crippen LogP contribution in [0.15, 0.2) is 66.7 Å². The minimum atomic E-state index is -1.26. The van der Waals surface area contributed by atoms with Crippen molar-refractivity contribution in [2.45, 2.75) is 45.3 Å². The Hall–Kier alpha value is -2.96. The molecule has 1 saturated heterocycles. The van der Waals surface area contributed by atoms with Crippen molar-refractivity contribution in [3.05, 3.63) is 83.4 Å². The number of carboxylic acids is 2. The van der Waals surface area contributed by atoms with E-state index < -0.39 is 11.9 Å². The Morgan fingerprint density at radius 3 is 2.10 bits per heavy atom. The maximum Gasteiger partial charge on any atom is 0.328 e. The zero-order valence-corrected chi connectivity index (χ0v) is 18.2. The minimum absolute atomic E-state index is 0.558. The van der Waals surface area contributed by atoms with Crippen molar-refractivity contribution in [2.24, 2.45) is 0 Å². The van der Waals surface area contributed by atoms with Gasteiger partial charge in [-0.25, -0.2) is 9.59 Å². The fourth-order valence-electron chi connectivity index (χ4n) is 3.70. The quantitative estimate of drug-likeness (QED) is 0.562. The van der Waals surface area contributed by atoms with E-state index in [9.17, 15) is 9.59 Å². The Kier molecular flexibility index (Phi) is 9.94. The average molecular weight is 425 g/mol. The molecule has 0 amide bonds. The van der Waals surface area contributed by atoms with Crippen LogP contribution in [0.25, 0.3) is 0 Å². The first-order valence-corrected chi connectivity index (χ1v) is 10.6. The van der Waals surface area contributed by atoms with Gasteiger partial charge in [-0.15, -0.1) is 0 Å². The van der Waals surface area contributed by atoms with Gasteiger partial charge in [-0.2, -0.15) is 0 Å². The van der Waals surface area contributed by atoms with Crippen molar-refractivity contribution >= 4 is 11.9 Å². The van der Waals surface area contributed by atoms with Crippen LogP contribution in [0.2, 0.25) is 0 Å². The van der Waals surface area contributed by atoms with Gasteiger partial charge in [-0.05, 0) is 49.9 Å². The molecule has 31 heavy (non-hydrogen) atoms. The highest BCUT2D eigenvalue weighted by atomic mass is 16.4. The Bertz CT molecular complexity index is 843. The molecule has 0 aromatic heterocycles. The molecule has 0 unspecified atom stereocenters. The zero-order chi connectivity index (χ0) is 22.6. The molecule has 0 aliphatic carbocycles. The molecule has 6 heteroatoms. The molecule has 6 nitrogen and oxygen atoms in total. The fourth-order valence-corrected chi connectivity index (χ4v) is 3.70. The van der Waals surface area contributed by atoms with Crippen LogP contribution >= 0.6 is 0 Å². The second-order valence-electron chi connectivity index (χ2n) is 7.85. The number of hydrogen-bond acceptors (Lipinski definition) is 4. The van der Waals surface area contributed by atoms with Crippen molar-refractivity contribution < 1.29 is 19.8 Å². The first-order valence-electron chi connectivity index (χ1n) is 10.6. The van der Waals surface area contributed by atoms with Gasteiger partial charge < -0.3 is 15.5 Å². The fraction of sp³-hybridized carbons (Fsp3) is 0.360. The van der Waals surface area contributed by atoms with Crippen LogP contribution in [0, 0.1) is 0 Å². The highest BCUT2D eigenvalue weighted by Gasteiger charge is 2.24. The highest BCUT2D eigenvalue weighted by molar-refractivity contribution is 5.89. The van der Waals surface area contributed by atoms with Crippen LogP contribution in [0.4, 0.5) is 0 Å². The van der Waals surface area contributed by atoms with E-state index in [-0.39, 0.29) is 0 Å². The predicted octanol–water partition coefficient (Wildman–Crippen LogP) is 3.56. The van der Waals surface area contributed by atoms with Crippen LogP contribution in [-0.2, 0) is 22.6 Å². The van der Waals surface area contributed by atoms with E-state index in [4.69, 9.17) is 10.2 Å². The molecular formula is C25H32N2O4. The largest absolute Gasteiger partial charge is 0.478 e. The Morgan fingerprint density at radius 1 is 1.00 bits per heavy atom. The van der Waals surface area contributed by atoms with Gasteiger partial charge in [0.25, 0.3) is 0 Å².